The van der Waals surface area contributed by atoms with E-state index in [0.29, 0.717) is 0 Å². The molecule has 0 radical (unpaired) electrons. The van der Waals surface area contributed by atoms with E-state index in [1.54, 1.807) is 0 Å². The van der Waals surface area contributed by atoms with Crippen LogP contribution in [0.2, 0.25) is 0 Å². The van der Waals surface area contributed by atoms with Crippen LogP contribution in [0, 0.1) is 17.5 Å². The molecule has 0 spiro atoms. The van der Waals surface area contributed by atoms with E-state index in [9.17, 15) is 18.0 Å². The lowest BCUT2D eigenvalue weighted by molar-refractivity contribution is 0.0845. The molecule has 1 aliphatic rings. The highest BCUT2D eigenvalue weighted by Crippen LogP contribution is 2.36. The number of hydrogen-bond acceptors (Lipinski definition) is 2. The first kappa shape index (κ1) is 12.7. The summed E-state index contributed by atoms with van der Waals surface area (Å²) >= 11 is 0. The third-order valence-corrected chi connectivity index (χ3v) is 3.19. The Bertz CT molecular complexity index is 698. The van der Waals surface area contributed by atoms with Crippen LogP contribution in [-0.4, -0.2) is 5.78 Å². The van der Waals surface area contributed by atoms with Gasteiger partial charge in [-0.15, -0.1) is 0 Å². The summed E-state index contributed by atoms with van der Waals surface area (Å²) in [4.78, 5) is 12.0. The van der Waals surface area contributed by atoms with E-state index in [0.717, 1.165) is 24.3 Å². The lowest BCUT2D eigenvalue weighted by Gasteiger charge is -2.25. The van der Waals surface area contributed by atoms with Crippen molar-refractivity contribution in [2.45, 2.75) is 12.5 Å². The van der Waals surface area contributed by atoms with Crippen molar-refractivity contribution >= 4 is 5.78 Å². The largest absolute Gasteiger partial charge is 0.484 e. The zero-order valence-corrected chi connectivity index (χ0v) is 10.2. The highest BCUT2D eigenvalue weighted by atomic mass is 19.1. The van der Waals surface area contributed by atoms with Gasteiger partial charge in [0.25, 0.3) is 0 Å². The van der Waals surface area contributed by atoms with Crippen molar-refractivity contribution in [1.82, 2.24) is 0 Å². The summed E-state index contributed by atoms with van der Waals surface area (Å²) in [5.74, 6) is -2.13. The number of hydrogen-bond donors (Lipinski definition) is 0. The van der Waals surface area contributed by atoms with Crippen LogP contribution in [0.4, 0.5) is 13.2 Å². The predicted octanol–water partition coefficient (Wildman–Crippen LogP) is 3.81. The van der Waals surface area contributed by atoms with E-state index in [2.05, 4.69) is 0 Å². The van der Waals surface area contributed by atoms with Gasteiger partial charge in [-0.2, -0.15) is 0 Å². The third kappa shape index (κ3) is 2.15. The number of fused-ring (bicyclic) bond motifs is 1. The summed E-state index contributed by atoms with van der Waals surface area (Å²) in [5.41, 5.74) is 0.249. The van der Waals surface area contributed by atoms with Gasteiger partial charge in [0.1, 0.15) is 29.3 Å². The van der Waals surface area contributed by atoms with Crippen LogP contribution in [0.3, 0.4) is 0 Å². The van der Waals surface area contributed by atoms with Crippen LogP contribution in [0.1, 0.15) is 28.4 Å². The van der Waals surface area contributed by atoms with E-state index in [-0.39, 0.29) is 29.1 Å². The summed E-state index contributed by atoms with van der Waals surface area (Å²) < 4.78 is 45.2. The molecule has 0 saturated carbocycles. The molecule has 0 aromatic heterocycles. The maximum absolute atomic E-state index is 13.7. The highest BCUT2D eigenvalue weighted by molar-refractivity contribution is 6.00. The quantitative estimate of drug-likeness (QED) is 0.793. The number of ketones is 1. The van der Waals surface area contributed by atoms with Gasteiger partial charge < -0.3 is 4.74 Å². The summed E-state index contributed by atoms with van der Waals surface area (Å²) in [6.45, 7) is 0. The van der Waals surface area contributed by atoms with E-state index in [1.807, 2.05) is 0 Å². The molecular weight excluding hydrogens is 269 g/mol. The number of benzene rings is 2. The number of Topliss-reactive ketones (excluding diaryl/α,β-unsaturated/α-hetero) is 1. The van der Waals surface area contributed by atoms with E-state index in [4.69, 9.17) is 4.74 Å². The third-order valence-electron chi connectivity index (χ3n) is 3.19. The number of ether oxygens (including phenoxy) is 1. The first-order chi connectivity index (χ1) is 9.54. The van der Waals surface area contributed by atoms with E-state index in [1.165, 1.54) is 12.1 Å². The molecule has 0 fully saturated rings. The van der Waals surface area contributed by atoms with Crippen molar-refractivity contribution < 1.29 is 22.7 Å². The fraction of sp³-hybridized carbons (Fsp3) is 0.133. The molecular formula is C15H9F3O2. The Morgan fingerprint density at radius 1 is 1.00 bits per heavy atom. The molecule has 2 nitrogen and oxygen atoms in total. The summed E-state index contributed by atoms with van der Waals surface area (Å²) in [6, 6.07) is 6.67. The summed E-state index contributed by atoms with van der Waals surface area (Å²) in [6.07, 6.45) is -0.944. The standard InChI is InChI=1S/C15H9F3O2/c16-8-2-4-14-11(5-8)13(19)7-15(20-14)10-3-1-9(17)6-12(10)18/h1-6,15H,7H2. The minimum absolute atomic E-state index is 0.106. The van der Waals surface area contributed by atoms with Crippen molar-refractivity contribution in [3.05, 3.63) is 65.0 Å². The second-order valence-electron chi connectivity index (χ2n) is 4.54. The van der Waals surface area contributed by atoms with Crippen molar-refractivity contribution in [3.63, 3.8) is 0 Å². The molecule has 0 bridgehead atoms. The van der Waals surface area contributed by atoms with Gasteiger partial charge in [-0.1, -0.05) is 0 Å². The molecule has 1 unspecified atom stereocenters. The zero-order chi connectivity index (χ0) is 14.3. The maximum atomic E-state index is 13.7. The lowest BCUT2D eigenvalue weighted by Crippen LogP contribution is -2.21. The molecule has 1 aliphatic heterocycles. The van der Waals surface area contributed by atoms with Gasteiger partial charge in [0.05, 0.1) is 12.0 Å². The van der Waals surface area contributed by atoms with Crippen molar-refractivity contribution in [1.29, 1.82) is 0 Å². The second kappa shape index (κ2) is 4.67. The first-order valence-electron chi connectivity index (χ1n) is 5.99. The van der Waals surface area contributed by atoms with E-state index < -0.39 is 23.6 Å². The molecule has 0 N–H and O–H groups in total. The molecule has 20 heavy (non-hydrogen) atoms. The molecule has 3 rings (SSSR count). The minimum atomic E-state index is -0.832. The molecule has 2 aromatic rings. The van der Waals surface area contributed by atoms with Crippen LogP contribution in [-0.2, 0) is 0 Å². The minimum Gasteiger partial charge on any atom is -0.484 e. The molecule has 5 heteroatoms. The highest BCUT2D eigenvalue weighted by Gasteiger charge is 2.29. The van der Waals surface area contributed by atoms with Gasteiger partial charge in [-0.05, 0) is 30.3 Å². The fourth-order valence-corrected chi connectivity index (χ4v) is 2.23. The fourth-order valence-electron chi connectivity index (χ4n) is 2.23. The predicted molar refractivity (Wildman–Crippen MR) is 65.1 cm³/mol. The van der Waals surface area contributed by atoms with Gasteiger partial charge in [0.2, 0.25) is 0 Å². The average molecular weight is 278 g/mol. The molecule has 0 amide bonds. The Kier molecular flexibility index (Phi) is 2.97. The zero-order valence-electron chi connectivity index (χ0n) is 10.2. The smallest absolute Gasteiger partial charge is 0.170 e. The Balaban J connectivity index is 1.99. The van der Waals surface area contributed by atoms with Crippen LogP contribution < -0.4 is 4.74 Å². The molecule has 0 saturated heterocycles. The lowest BCUT2D eigenvalue weighted by atomic mass is 9.96. The Labute approximate surface area is 112 Å². The Hall–Kier alpha value is -2.30. The van der Waals surface area contributed by atoms with Gasteiger partial charge in [0, 0.05) is 11.6 Å². The van der Waals surface area contributed by atoms with Crippen LogP contribution in [0.15, 0.2) is 36.4 Å². The number of carbonyl (C=O) groups is 1. The maximum Gasteiger partial charge on any atom is 0.170 e. The molecule has 1 heterocycles. The normalized spacial score (nSPS) is 17.6. The first-order valence-corrected chi connectivity index (χ1v) is 5.99. The summed E-state index contributed by atoms with van der Waals surface area (Å²) in [7, 11) is 0. The van der Waals surface area contributed by atoms with E-state index >= 15 is 0 Å². The topological polar surface area (TPSA) is 26.3 Å². The van der Waals surface area contributed by atoms with Crippen LogP contribution in [0.25, 0.3) is 0 Å². The Morgan fingerprint density at radius 3 is 2.45 bits per heavy atom. The monoisotopic (exact) mass is 278 g/mol. The number of halogens is 3. The molecule has 102 valence electrons. The SMILES string of the molecule is O=C1CC(c2ccc(F)cc2F)Oc2ccc(F)cc21. The van der Waals surface area contributed by atoms with Crippen LogP contribution >= 0.6 is 0 Å². The van der Waals surface area contributed by atoms with Crippen molar-refractivity contribution in [2.24, 2.45) is 0 Å². The van der Waals surface area contributed by atoms with Gasteiger partial charge in [-0.25, -0.2) is 13.2 Å². The van der Waals surface area contributed by atoms with Gasteiger partial charge in [0.15, 0.2) is 5.78 Å². The molecule has 0 aliphatic carbocycles. The van der Waals surface area contributed by atoms with Gasteiger partial charge in [-0.3, -0.25) is 4.79 Å². The number of carbonyl (C=O) groups excluding carboxylic acids is 1. The Morgan fingerprint density at radius 2 is 1.70 bits per heavy atom. The molecule has 2 aromatic carbocycles. The summed E-state index contributed by atoms with van der Waals surface area (Å²) in [5, 5.41) is 0. The van der Waals surface area contributed by atoms with Crippen molar-refractivity contribution in [3.8, 4) is 5.75 Å². The second-order valence-corrected chi connectivity index (χ2v) is 4.54. The van der Waals surface area contributed by atoms with Crippen LogP contribution in [0.5, 0.6) is 5.75 Å². The molecule has 1 atom stereocenters. The number of rotatable bonds is 1. The average Bonchev–Trinajstić information content (AvgIpc) is 2.39. The van der Waals surface area contributed by atoms with Gasteiger partial charge >= 0.3 is 0 Å². The van der Waals surface area contributed by atoms with Crippen molar-refractivity contribution in [2.75, 3.05) is 0 Å².